The Morgan fingerprint density at radius 2 is 2.13 bits per heavy atom. The van der Waals surface area contributed by atoms with Gasteiger partial charge in [-0.05, 0) is 55.3 Å². The zero-order valence-electron chi connectivity index (χ0n) is 13.0. The summed E-state index contributed by atoms with van der Waals surface area (Å²) in [6.45, 7) is 4.10. The Labute approximate surface area is 134 Å². The van der Waals surface area contributed by atoms with Crippen LogP contribution < -0.4 is 4.74 Å². The topological polar surface area (TPSA) is 68.7 Å². The number of aryl methyl sites for hydroxylation is 1. The summed E-state index contributed by atoms with van der Waals surface area (Å²) >= 11 is 0. The number of carbonyl (C=O) groups is 1. The molecule has 2 heterocycles. The molecular formula is C18H19NO4. The molecule has 1 unspecified atom stereocenters. The summed E-state index contributed by atoms with van der Waals surface area (Å²) in [6, 6.07) is 11.0. The minimum absolute atomic E-state index is 0.0570. The van der Waals surface area contributed by atoms with Crippen molar-refractivity contribution in [2.75, 3.05) is 19.8 Å². The highest BCUT2D eigenvalue weighted by molar-refractivity contribution is 5.86. The summed E-state index contributed by atoms with van der Waals surface area (Å²) in [5.74, 6) is 0.242. The summed E-state index contributed by atoms with van der Waals surface area (Å²) in [5.41, 5.74) is 2.45. The van der Waals surface area contributed by atoms with Gasteiger partial charge < -0.3 is 14.6 Å². The monoisotopic (exact) mass is 313 g/mol. The van der Waals surface area contributed by atoms with Crippen LogP contribution in [0, 0.1) is 12.8 Å². The molecule has 5 heteroatoms. The van der Waals surface area contributed by atoms with Crippen LogP contribution in [0.1, 0.15) is 22.5 Å². The average molecular weight is 313 g/mol. The molecule has 1 fully saturated rings. The van der Waals surface area contributed by atoms with Gasteiger partial charge in [-0.3, -0.25) is 0 Å². The third-order valence-electron chi connectivity index (χ3n) is 3.85. The number of carboxylic acid groups (broad SMARTS) is 1. The van der Waals surface area contributed by atoms with E-state index in [2.05, 4.69) is 4.98 Å². The molecule has 5 nitrogen and oxygen atoms in total. The van der Waals surface area contributed by atoms with Crippen molar-refractivity contribution in [1.29, 1.82) is 0 Å². The molecule has 0 bridgehead atoms. The number of aromatic carboxylic acids is 1. The summed E-state index contributed by atoms with van der Waals surface area (Å²) in [4.78, 5) is 15.3. The van der Waals surface area contributed by atoms with Crippen LogP contribution in [0.4, 0.5) is 0 Å². The molecule has 1 aromatic carbocycles. The lowest BCUT2D eigenvalue weighted by atomic mass is 10.1. The summed E-state index contributed by atoms with van der Waals surface area (Å²) in [6.07, 6.45) is 1.04. The van der Waals surface area contributed by atoms with Gasteiger partial charge in [0.25, 0.3) is 0 Å². The van der Waals surface area contributed by atoms with Crippen LogP contribution >= 0.6 is 0 Å². The van der Waals surface area contributed by atoms with Gasteiger partial charge in [0, 0.05) is 18.1 Å². The van der Waals surface area contributed by atoms with Gasteiger partial charge in [0.05, 0.1) is 18.9 Å². The van der Waals surface area contributed by atoms with E-state index < -0.39 is 5.97 Å². The zero-order valence-corrected chi connectivity index (χ0v) is 13.0. The van der Waals surface area contributed by atoms with Crippen molar-refractivity contribution in [3.05, 3.63) is 47.7 Å². The second-order valence-corrected chi connectivity index (χ2v) is 5.79. The van der Waals surface area contributed by atoms with E-state index in [1.807, 2.05) is 37.3 Å². The first-order chi connectivity index (χ1) is 11.1. The fourth-order valence-electron chi connectivity index (χ4n) is 2.58. The molecule has 3 rings (SSSR count). The lowest BCUT2D eigenvalue weighted by Gasteiger charge is -2.11. The van der Waals surface area contributed by atoms with E-state index in [9.17, 15) is 4.79 Å². The van der Waals surface area contributed by atoms with E-state index in [1.165, 1.54) is 0 Å². The first-order valence-corrected chi connectivity index (χ1v) is 7.65. The molecule has 2 aromatic rings. The molecule has 0 spiro atoms. The first kappa shape index (κ1) is 15.5. The Hall–Kier alpha value is -2.40. The summed E-state index contributed by atoms with van der Waals surface area (Å²) < 4.78 is 11.1. The summed E-state index contributed by atoms with van der Waals surface area (Å²) in [7, 11) is 0. The van der Waals surface area contributed by atoms with Crippen molar-refractivity contribution < 1.29 is 19.4 Å². The Morgan fingerprint density at radius 1 is 1.35 bits per heavy atom. The molecule has 1 N–H and O–H groups in total. The van der Waals surface area contributed by atoms with Crippen molar-refractivity contribution in [3.8, 4) is 17.0 Å². The first-order valence-electron chi connectivity index (χ1n) is 7.65. The Bertz CT molecular complexity index is 691. The average Bonchev–Trinajstić information content (AvgIpc) is 3.06. The van der Waals surface area contributed by atoms with Crippen molar-refractivity contribution in [2.24, 2.45) is 5.92 Å². The lowest BCUT2D eigenvalue weighted by molar-refractivity contribution is 0.0690. The number of benzene rings is 1. The van der Waals surface area contributed by atoms with Crippen molar-refractivity contribution in [3.63, 3.8) is 0 Å². The number of aromatic nitrogens is 1. The third kappa shape index (κ3) is 3.87. The number of hydrogen-bond acceptors (Lipinski definition) is 4. The van der Waals surface area contributed by atoms with Gasteiger partial charge in [-0.15, -0.1) is 0 Å². The Morgan fingerprint density at radius 3 is 2.78 bits per heavy atom. The highest BCUT2D eigenvalue weighted by atomic mass is 16.5. The number of hydrogen-bond donors (Lipinski definition) is 1. The molecular weight excluding hydrogens is 294 g/mol. The molecule has 1 aliphatic heterocycles. The van der Waals surface area contributed by atoms with E-state index in [-0.39, 0.29) is 5.69 Å². The van der Waals surface area contributed by atoms with Gasteiger partial charge >= 0.3 is 5.97 Å². The number of nitrogens with zero attached hydrogens (tertiary/aromatic N) is 1. The van der Waals surface area contributed by atoms with Crippen LogP contribution in [-0.2, 0) is 4.74 Å². The van der Waals surface area contributed by atoms with Gasteiger partial charge in [0.15, 0.2) is 0 Å². The van der Waals surface area contributed by atoms with E-state index >= 15 is 0 Å². The van der Waals surface area contributed by atoms with E-state index in [0.29, 0.717) is 18.2 Å². The number of pyridine rings is 1. The lowest BCUT2D eigenvalue weighted by Crippen LogP contribution is -2.11. The normalized spacial score (nSPS) is 17.2. The molecule has 23 heavy (non-hydrogen) atoms. The molecule has 1 aromatic heterocycles. The maximum atomic E-state index is 11.1. The highest BCUT2D eigenvalue weighted by Gasteiger charge is 2.16. The molecule has 0 saturated carbocycles. The predicted molar refractivity (Wildman–Crippen MR) is 85.8 cm³/mol. The van der Waals surface area contributed by atoms with Crippen LogP contribution in [0.2, 0.25) is 0 Å². The van der Waals surface area contributed by atoms with Gasteiger partial charge in [0.2, 0.25) is 0 Å². The maximum absolute atomic E-state index is 11.1. The van der Waals surface area contributed by atoms with Crippen molar-refractivity contribution >= 4 is 5.97 Å². The van der Waals surface area contributed by atoms with Crippen molar-refractivity contribution in [1.82, 2.24) is 4.98 Å². The van der Waals surface area contributed by atoms with Gasteiger partial charge in [-0.2, -0.15) is 0 Å². The van der Waals surface area contributed by atoms with Crippen LogP contribution in [0.3, 0.4) is 0 Å². The van der Waals surface area contributed by atoms with E-state index in [4.69, 9.17) is 14.6 Å². The van der Waals surface area contributed by atoms with Gasteiger partial charge in [-0.1, -0.05) is 0 Å². The van der Waals surface area contributed by atoms with Gasteiger partial charge in [-0.25, -0.2) is 9.78 Å². The SMILES string of the molecule is Cc1cc(C(=O)O)nc(-c2ccc(OCC3CCOC3)cc2)c1. The summed E-state index contributed by atoms with van der Waals surface area (Å²) in [5, 5.41) is 9.11. The van der Waals surface area contributed by atoms with Crippen LogP contribution in [0.15, 0.2) is 36.4 Å². The smallest absolute Gasteiger partial charge is 0.354 e. The molecule has 120 valence electrons. The fraction of sp³-hybridized carbons (Fsp3) is 0.333. The Kier molecular flexibility index (Phi) is 4.57. The van der Waals surface area contributed by atoms with E-state index in [0.717, 1.165) is 36.5 Å². The van der Waals surface area contributed by atoms with E-state index in [1.54, 1.807) is 6.07 Å². The largest absolute Gasteiger partial charge is 0.493 e. The number of ether oxygens (including phenoxy) is 2. The number of rotatable bonds is 5. The van der Waals surface area contributed by atoms with Crippen LogP contribution in [0.5, 0.6) is 5.75 Å². The van der Waals surface area contributed by atoms with Crippen LogP contribution in [0.25, 0.3) is 11.3 Å². The molecule has 0 amide bonds. The zero-order chi connectivity index (χ0) is 16.2. The fourth-order valence-corrected chi connectivity index (χ4v) is 2.58. The number of carboxylic acids is 1. The molecule has 0 aliphatic carbocycles. The minimum atomic E-state index is -1.02. The van der Waals surface area contributed by atoms with Crippen molar-refractivity contribution in [2.45, 2.75) is 13.3 Å². The molecule has 0 radical (unpaired) electrons. The molecule has 1 aliphatic rings. The van der Waals surface area contributed by atoms with Crippen LogP contribution in [-0.4, -0.2) is 35.9 Å². The third-order valence-corrected chi connectivity index (χ3v) is 3.85. The highest BCUT2D eigenvalue weighted by Crippen LogP contribution is 2.23. The maximum Gasteiger partial charge on any atom is 0.354 e. The second kappa shape index (κ2) is 6.79. The predicted octanol–water partition coefficient (Wildman–Crippen LogP) is 3.17. The Balaban J connectivity index is 1.72. The second-order valence-electron chi connectivity index (χ2n) is 5.79. The molecule has 1 atom stereocenters. The minimum Gasteiger partial charge on any atom is -0.493 e. The van der Waals surface area contributed by atoms with Gasteiger partial charge in [0.1, 0.15) is 11.4 Å². The standard InChI is InChI=1S/C18H19NO4/c1-12-8-16(19-17(9-12)18(20)21)14-2-4-15(5-3-14)23-11-13-6-7-22-10-13/h2-5,8-9,13H,6-7,10-11H2,1H3,(H,20,21). The molecule has 1 saturated heterocycles. The quantitative estimate of drug-likeness (QED) is 0.918.